The number of benzene rings is 2. The van der Waals surface area contributed by atoms with Crippen LogP contribution in [-0.2, 0) is 12.6 Å². The monoisotopic (exact) mass is 429 g/mol. The molecule has 0 fully saturated rings. The Morgan fingerprint density at radius 2 is 1.90 bits per heavy atom. The summed E-state index contributed by atoms with van der Waals surface area (Å²) in [4.78, 5) is 4.10. The van der Waals surface area contributed by atoms with E-state index in [9.17, 15) is 13.2 Å². The molecule has 4 rings (SSSR count). The third kappa shape index (κ3) is 4.74. The number of fused-ring (bicyclic) bond motifs is 1. The zero-order valence-corrected chi connectivity index (χ0v) is 16.5. The van der Waals surface area contributed by atoms with Gasteiger partial charge in [-0.1, -0.05) is 41.7 Å². The van der Waals surface area contributed by atoms with E-state index in [1.165, 1.54) is 17.4 Å². The van der Waals surface area contributed by atoms with Gasteiger partial charge in [0, 0.05) is 35.9 Å². The molecule has 1 atom stereocenters. The number of hydrogen-bond acceptors (Lipinski definition) is 6. The van der Waals surface area contributed by atoms with Gasteiger partial charge in [-0.3, -0.25) is 4.98 Å². The predicted molar refractivity (Wildman–Crippen MR) is 112 cm³/mol. The third-order valence-corrected chi connectivity index (χ3v) is 5.51. The van der Waals surface area contributed by atoms with Gasteiger partial charge in [0.2, 0.25) is 5.13 Å². The molecule has 2 aromatic carbocycles. The van der Waals surface area contributed by atoms with Crippen LogP contribution in [0.5, 0.6) is 0 Å². The molecule has 0 aliphatic carbocycles. The molecule has 0 amide bonds. The largest absolute Gasteiger partial charge is 0.416 e. The molecular formula is C21H18F3N5S. The van der Waals surface area contributed by atoms with Crippen molar-refractivity contribution in [2.75, 3.05) is 11.9 Å². The molecule has 0 radical (unpaired) electrons. The SMILES string of the molecule is NC(CNc1nnc(-c2ccc3cnccc3c2)s1)Cc1cccc(C(F)(F)F)c1. The number of alkyl halides is 3. The number of nitrogens with zero attached hydrogens (tertiary/aromatic N) is 3. The summed E-state index contributed by atoms with van der Waals surface area (Å²) in [6, 6.07) is 12.8. The normalized spacial score (nSPS) is 12.8. The van der Waals surface area contributed by atoms with E-state index >= 15 is 0 Å². The van der Waals surface area contributed by atoms with Gasteiger partial charge in [0.15, 0.2) is 0 Å². The van der Waals surface area contributed by atoms with Crippen LogP contribution in [0.15, 0.2) is 60.9 Å². The Morgan fingerprint density at radius 1 is 1.03 bits per heavy atom. The maximum Gasteiger partial charge on any atom is 0.416 e. The molecule has 1 unspecified atom stereocenters. The maximum atomic E-state index is 12.8. The smallest absolute Gasteiger partial charge is 0.359 e. The van der Waals surface area contributed by atoms with Crippen LogP contribution in [0.3, 0.4) is 0 Å². The van der Waals surface area contributed by atoms with Gasteiger partial charge in [-0.05, 0) is 35.6 Å². The molecule has 154 valence electrons. The average molecular weight is 429 g/mol. The first-order chi connectivity index (χ1) is 14.4. The quantitative estimate of drug-likeness (QED) is 0.462. The third-order valence-electron chi connectivity index (χ3n) is 4.58. The van der Waals surface area contributed by atoms with Crippen molar-refractivity contribution in [3.63, 3.8) is 0 Å². The van der Waals surface area contributed by atoms with Gasteiger partial charge in [-0.25, -0.2) is 0 Å². The summed E-state index contributed by atoms with van der Waals surface area (Å²) in [6.45, 7) is 0.369. The van der Waals surface area contributed by atoms with Crippen LogP contribution in [0, 0.1) is 0 Å². The van der Waals surface area contributed by atoms with Crippen LogP contribution in [-0.4, -0.2) is 27.8 Å². The number of pyridine rings is 1. The minimum Gasteiger partial charge on any atom is -0.359 e. The van der Waals surface area contributed by atoms with E-state index in [-0.39, 0.29) is 6.04 Å². The van der Waals surface area contributed by atoms with Crippen LogP contribution in [0.25, 0.3) is 21.3 Å². The van der Waals surface area contributed by atoms with Crippen LogP contribution < -0.4 is 11.1 Å². The summed E-state index contributed by atoms with van der Waals surface area (Å²) in [5, 5.41) is 15.0. The topological polar surface area (TPSA) is 76.7 Å². The van der Waals surface area contributed by atoms with E-state index in [4.69, 9.17) is 5.73 Å². The number of anilines is 1. The van der Waals surface area contributed by atoms with Crippen molar-refractivity contribution in [3.05, 3.63) is 72.1 Å². The van der Waals surface area contributed by atoms with E-state index in [1.54, 1.807) is 18.5 Å². The Labute approximate surface area is 174 Å². The van der Waals surface area contributed by atoms with Crippen LogP contribution in [0.4, 0.5) is 18.3 Å². The molecular weight excluding hydrogens is 411 g/mol. The highest BCUT2D eigenvalue weighted by molar-refractivity contribution is 7.18. The molecule has 0 aliphatic heterocycles. The zero-order chi connectivity index (χ0) is 21.1. The number of nitrogens with two attached hydrogens (primary N) is 1. The molecule has 0 bridgehead atoms. The van der Waals surface area contributed by atoms with Gasteiger partial charge >= 0.3 is 6.18 Å². The second-order valence-corrected chi connectivity index (χ2v) is 7.87. The van der Waals surface area contributed by atoms with Gasteiger partial charge in [-0.2, -0.15) is 13.2 Å². The highest BCUT2D eigenvalue weighted by Gasteiger charge is 2.30. The number of aromatic nitrogens is 3. The Balaban J connectivity index is 1.38. The van der Waals surface area contributed by atoms with Crippen molar-refractivity contribution in [1.82, 2.24) is 15.2 Å². The van der Waals surface area contributed by atoms with Crippen molar-refractivity contribution in [2.24, 2.45) is 5.73 Å². The minimum atomic E-state index is -4.36. The Hall–Kier alpha value is -3.04. The zero-order valence-electron chi connectivity index (χ0n) is 15.7. The standard InChI is InChI=1S/C21H18F3N5S/c22-21(23,24)17-3-1-2-13(8-17)9-18(25)12-27-20-29-28-19(30-20)15-4-5-16-11-26-7-6-14(16)10-15/h1-8,10-11,18H,9,12,25H2,(H,27,29). The second-order valence-electron chi connectivity index (χ2n) is 6.89. The molecule has 4 aromatic rings. The first-order valence-corrected chi connectivity index (χ1v) is 10.0. The highest BCUT2D eigenvalue weighted by Crippen LogP contribution is 2.30. The number of nitrogens with one attached hydrogen (secondary N) is 1. The number of rotatable bonds is 6. The van der Waals surface area contributed by atoms with Gasteiger partial charge in [0.05, 0.1) is 5.56 Å². The molecule has 3 N–H and O–H groups in total. The average Bonchev–Trinajstić information content (AvgIpc) is 3.21. The van der Waals surface area contributed by atoms with Crippen molar-refractivity contribution < 1.29 is 13.2 Å². The van der Waals surface area contributed by atoms with Gasteiger partial charge in [-0.15, -0.1) is 10.2 Å². The minimum absolute atomic E-state index is 0.321. The summed E-state index contributed by atoms with van der Waals surface area (Å²) in [6.07, 6.45) is -0.495. The Kier molecular flexibility index (Phi) is 5.65. The van der Waals surface area contributed by atoms with Crippen molar-refractivity contribution >= 4 is 27.2 Å². The molecule has 0 saturated carbocycles. The van der Waals surface area contributed by atoms with Crippen molar-refractivity contribution in [3.8, 4) is 10.6 Å². The fraction of sp³-hybridized carbons (Fsp3) is 0.190. The maximum absolute atomic E-state index is 12.8. The first-order valence-electron chi connectivity index (χ1n) is 9.22. The van der Waals surface area contributed by atoms with Gasteiger partial charge in [0.25, 0.3) is 0 Å². The number of halogens is 3. The second kappa shape index (κ2) is 8.37. The Bertz CT molecular complexity index is 1160. The van der Waals surface area contributed by atoms with E-state index < -0.39 is 11.7 Å². The summed E-state index contributed by atoms with van der Waals surface area (Å²) >= 11 is 1.40. The molecule has 2 aromatic heterocycles. The highest BCUT2D eigenvalue weighted by atomic mass is 32.1. The predicted octanol–water partition coefficient (Wildman–Crippen LogP) is 4.75. The summed E-state index contributed by atoms with van der Waals surface area (Å²) < 4.78 is 38.5. The van der Waals surface area contributed by atoms with Gasteiger partial charge < -0.3 is 11.1 Å². The molecule has 9 heteroatoms. The lowest BCUT2D eigenvalue weighted by molar-refractivity contribution is -0.137. The first kappa shape index (κ1) is 20.2. The molecule has 5 nitrogen and oxygen atoms in total. The van der Waals surface area contributed by atoms with Gasteiger partial charge in [0.1, 0.15) is 5.01 Å². The van der Waals surface area contributed by atoms with Crippen molar-refractivity contribution in [1.29, 1.82) is 0 Å². The molecule has 30 heavy (non-hydrogen) atoms. The van der Waals surface area contributed by atoms with E-state index in [0.29, 0.717) is 23.7 Å². The van der Waals surface area contributed by atoms with E-state index in [0.717, 1.165) is 33.5 Å². The summed E-state index contributed by atoms with van der Waals surface area (Å²) in [5.74, 6) is 0. The summed E-state index contributed by atoms with van der Waals surface area (Å²) in [7, 11) is 0. The summed E-state index contributed by atoms with van der Waals surface area (Å²) in [5.41, 5.74) is 6.93. The van der Waals surface area contributed by atoms with Crippen LogP contribution in [0.1, 0.15) is 11.1 Å². The fourth-order valence-corrected chi connectivity index (χ4v) is 3.84. The van der Waals surface area contributed by atoms with E-state index in [2.05, 4.69) is 20.5 Å². The van der Waals surface area contributed by atoms with Crippen LogP contribution in [0.2, 0.25) is 0 Å². The Morgan fingerprint density at radius 3 is 2.73 bits per heavy atom. The van der Waals surface area contributed by atoms with Crippen molar-refractivity contribution in [2.45, 2.75) is 18.6 Å². The lowest BCUT2D eigenvalue weighted by Gasteiger charge is -2.13. The number of hydrogen-bond donors (Lipinski definition) is 2. The lowest BCUT2D eigenvalue weighted by Crippen LogP contribution is -2.31. The molecule has 0 aliphatic rings. The van der Waals surface area contributed by atoms with Crippen LogP contribution >= 0.6 is 11.3 Å². The molecule has 0 saturated heterocycles. The van der Waals surface area contributed by atoms with E-state index in [1.807, 2.05) is 24.3 Å². The molecule has 0 spiro atoms. The molecule has 2 heterocycles. The lowest BCUT2D eigenvalue weighted by atomic mass is 10.0. The fourth-order valence-electron chi connectivity index (χ4n) is 3.10.